The fourth-order valence-corrected chi connectivity index (χ4v) is 4.72. The maximum Gasteiger partial charge on any atom is 0.348 e. The zero-order valence-electron chi connectivity index (χ0n) is 15.7. The van der Waals surface area contributed by atoms with E-state index in [4.69, 9.17) is 10.5 Å². The summed E-state index contributed by atoms with van der Waals surface area (Å²) in [5.74, 6) is 0.643. The highest BCUT2D eigenvalue weighted by atomic mass is 32.2. The number of rotatable bonds is 6. The van der Waals surface area contributed by atoms with Crippen LogP contribution in [0.3, 0.4) is 0 Å². The van der Waals surface area contributed by atoms with E-state index in [1.807, 2.05) is 42.7 Å². The van der Waals surface area contributed by atoms with Crippen molar-refractivity contribution in [2.75, 3.05) is 12.3 Å². The second-order valence-electron chi connectivity index (χ2n) is 5.97. The molecule has 0 spiro atoms. The summed E-state index contributed by atoms with van der Waals surface area (Å²) in [6.07, 6.45) is 0. The van der Waals surface area contributed by atoms with Gasteiger partial charge in [0.2, 0.25) is 0 Å². The second-order valence-corrected chi connectivity index (χ2v) is 7.97. The van der Waals surface area contributed by atoms with Gasteiger partial charge in [-0.25, -0.2) is 4.79 Å². The molecule has 144 valence electrons. The van der Waals surface area contributed by atoms with Gasteiger partial charge >= 0.3 is 5.97 Å². The Hall–Kier alpha value is -2.83. The Morgan fingerprint density at radius 1 is 1.32 bits per heavy atom. The first-order valence-electron chi connectivity index (χ1n) is 8.56. The number of esters is 1. The molecular formula is C19H19N5O2S2. The molecule has 28 heavy (non-hydrogen) atoms. The van der Waals surface area contributed by atoms with Crippen LogP contribution in [0.15, 0.2) is 29.4 Å². The number of nitriles is 1. The smallest absolute Gasteiger partial charge is 0.348 e. The summed E-state index contributed by atoms with van der Waals surface area (Å²) >= 11 is 2.47. The second kappa shape index (κ2) is 8.46. The molecule has 0 aliphatic heterocycles. The molecule has 0 atom stereocenters. The van der Waals surface area contributed by atoms with Crippen molar-refractivity contribution in [3.8, 4) is 11.8 Å². The third kappa shape index (κ3) is 3.88. The minimum absolute atomic E-state index is 0.256. The molecule has 9 heteroatoms. The molecule has 2 aromatic heterocycles. The highest BCUT2D eigenvalue weighted by molar-refractivity contribution is 7.98. The topological polar surface area (TPSA) is 107 Å². The molecule has 1 aromatic carbocycles. The van der Waals surface area contributed by atoms with Gasteiger partial charge in [-0.05, 0) is 32.9 Å². The number of aromatic nitrogens is 3. The molecule has 0 aliphatic carbocycles. The van der Waals surface area contributed by atoms with Gasteiger partial charge in [-0.2, -0.15) is 5.26 Å². The van der Waals surface area contributed by atoms with Crippen LogP contribution in [0.2, 0.25) is 0 Å². The Bertz CT molecular complexity index is 1050. The van der Waals surface area contributed by atoms with Crippen LogP contribution < -0.4 is 5.73 Å². The maximum atomic E-state index is 12.3. The number of nitrogen functional groups attached to an aromatic ring is 1. The van der Waals surface area contributed by atoms with Crippen molar-refractivity contribution < 1.29 is 9.53 Å². The Morgan fingerprint density at radius 2 is 2.04 bits per heavy atom. The number of anilines is 1. The lowest BCUT2D eigenvalue weighted by Crippen LogP contribution is -2.05. The molecule has 0 saturated carbocycles. The number of aryl methyl sites for hydroxylation is 2. The molecule has 0 fully saturated rings. The van der Waals surface area contributed by atoms with Crippen molar-refractivity contribution >= 4 is 34.1 Å². The average molecular weight is 414 g/mol. The predicted molar refractivity (Wildman–Crippen MR) is 110 cm³/mol. The van der Waals surface area contributed by atoms with Crippen molar-refractivity contribution in [3.63, 3.8) is 0 Å². The van der Waals surface area contributed by atoms with Gasteiger partial charge in [0.1, 0.15) is 21.8 Å². The van der Waals surface area contributed by atoms with Gasteiger partial charge in [0.15, 0.2) is 5.16 Å². The van der Waals surface area contributed by atoms with Gasteiger partial charge in [0.25, 0.3) is 0 Å². The number of hydrogen-bond donors (Lipinski definition) is 1. The van der Waals surface area contributed by atoms with Crippen LogP contribution in [-0.2, 0) is 10.5 Å². The number of carbonyl (C=O) groups is 1. The van der Waals surface area contributed by atoms with Crippen LogP contribution >= 0.6 is 23.1 Å². The van der Waals surface area contributed by atoms with Crippen LogP contribution in [0.4, 0.5) is 5.00 Å². The van der Waals surface area contributed by atoms with E-state index < -0.39 is 5.97 Å². The van der Waals surface area contributed by atoms with E-state index in [0.717, 1.165) is 28.4 Å². The van der Waals surface area contributed by atoms with E-state index in [1.165, 1.54) is 11.8 Å². The molecule has 0 unspecified atom stereocenters. The van der Waals surface area contributed by atoms with Crippen molar-refractivity contribution in [3.05, 3.63) is 51.7 Å². The lowest BCUT2D eigenvalue weighted by molar-refractivity contribution is 0.0531. The quantitative estimate of drug-likeness (QED) is 0.483. The molecule has 0 aliphatic rings. The van der Waals surface area contributed by atoms with Gasteiger partial charge in [-0.15, -0.1) is 21.5 Å². The lowest BCUT2D eigenvalue weighted by atomic mass is 10.2. The third-order valence-corrected chi connectivity index (χ3v) is 6.04. The van der Waals surface area contributed by atoms with Crippen molar-refractivity contribution in [2.24, 2.45) is 0 Å². The summed E-state index contributed by atoms with van der Waals surface area (Å²) < 4.78 is 7.05. The molecule has 3 rings (SSSR count). The number of hydrogen-bond acceptors (Lipinski definition) is 8. The van der Waals surface area contributed by atoms with Crippen LogP contribution in [0.1, 0.15) is 39.1 Å². The predicted octanol–water partition coefficient (Wildman–Crippen LogP) is 3.87. The largest absolute Gasteiger partial charge is 0.462 e. The first-order chi connectivity index (χ1) is 13.5. The summed E-state index contributed by atoms with van der Waals surface area (Å²) in [6, 6.07) is 10.1. The number of ether oxygens (including phenoxy) is 1. The monoisotopic (exact) mass is 413 g/mol. The lowest BCUT2D eigenvalue weighted by Gasteiger charge is -2.09. The summed E-state index contributed by atoms with van der Waals surface area (Å²) in [4.78, 5) is 12.6. The van der Waals surface area contributed by atoms with E-state index in [-0.39, 0.29) is 6.61 Å². The van der Waals surface area contributed by atoms with Gasteiger partial charge in [-0.1, -0.05) is 29.5 Å². The first kappa shape index (κ1) is 19.9. The van der Waals surface area contributed by atoms with Crippen LogP contribution in [0, 0.1) is 25.2 Å². The van der Waals surface area contributed by atoms with Gasteiger partial charge < -0.3 is 10.5 Å². The highest BCUT2D eigenvalue weighted by Crippen LogP contribution is 2.35. The van der Waals surface area contributed by atoms with E-state index in [1.54, 1.807) is 6.92 Å². The SMILES string of the molecule is CCOC(=O)c1sc(N)c(C#N)c1CSc1nnc(C)n1-c1ccc(C)cc1. The van der Waals surface area contributed by atoms with E-state index >= 15 is 0 Å². The molecule has 0 radical (unpaired) electrons. The molecule has 0 amide bonds. The molecule has 2 heterocycles. The van der Waals surface area contributed by atoms with E-state index in [0.29, 0.717) is 31.9 Å². The molecule has 0 saturated heterocycles. The molecule has 7 nitrogen and oxygen atoms in total. The minimum Gasteiger partial charge on any atom is -0.462 e. The summed E-state index contributed by atoms with van der Waals surface area (Å²) in [7, 11) is 0. The first-order valence-corrected chi connectivity index (χ1v) is 10.4. The van der Waals surface area contributed by atoms with Crippen LogP contribution in [-0.4, -0.2) is 27.3 Å². The van der Waals surface area contributed by atoms with E-state index in [2.05, 4.69) is 16.3 Å². The Labute approximate surface area is 171 Å². The third-order valence-electron chi connectivity index (χ3n) is 4.04. The summed E-state index contributed by atoms with van der Waals surface area (Å²) in [5.41, 5.74) is 8.95. The number of thiophene rings is 1. The molecule has 2 N–H and O–H groups in total. The van der Waals surface area contributed by atoms with Crippen molar-refractivity contribution in [2.45, 2.75) is 31.7 Å². The van der Waals surface area contributed by atoms with E-state index in [9.17, 15) is 10.1 Å². The zero-order valence-corrected chi connectivity index (χ0v) is 17.4. The number of nitrogens with zero attached hydrogens (tertiary/aromatic N) is 4. The Balaban J connectivity index is 1.93. The zero-order chi connectivity index (χ0) is 20.3. The molecule has 0 bridgehead atoms. The fourth-order valence-electron chi connectivity index (χ4n) is 2.67. The Kier molecular flexibility index (Phi) is 6.02. The number of carbonyl (C=O) groups excluding carboxylic acids is 1. The maximum absolute atomic E-state index is 12.3. The van der Waals surface area contributed by atoms with Gasteiger partial charge in [-0.3, -0.25) is 4.57 Å². The van der Waals surface area contributed by atoms with Crippen molar-refractivity contribution in [1.82, 2.24) is 14.8 Å². The van der Waals surface area contributed by atoms with Crippen LogP contribution in [0.5, 0.6) is 0 Å². The number of thioether (sulfide) groups is 1. The van der Waals surface area contributed by atoms with Gasteiger partial charge in [0.05, 0.1) is 12.2 Å². The summed E-state index contributed by atoms with van der Waals surface area (Å²) in [6.45, 7) is 5.90. The average Bonchev–Trinajstić information content (AvgIpc) is 3.20. The van der Waals surface area contributed by atoms with Crippen molar-refractivity contribution in [1.29, 1.82) is 5.26 Å². The Morgan fingerprint density at radius 3 is 2.68 bits per heavy atom. The standard InChI is InChI=1S/C19H19N5O2S2/c1-4-26-18(25)16-15(14(9-20)17(21)28-16)10-27-19-23-22-12(3)24(19)13-7-5-11(2)6-8-13/h5-8H,4,10,21H2,1-3H3. The normalized spacial score (nSPS) is 10.6. The molecule has 3 aromatic rings. The fraction of sp³-hybridized carbons (Fsp3) is 0.263. The van der Waals surface area contributed by atoms with Crippen LogP contribution in [0.25, 0.3) is 5.69 Å². The number of benzene rings is 1. The minimum atomic E-state index is -0.465. The van der Waals surface area contributed by atoms with Gasteiger partial charge in [0, 0.05) is 17.0 Å². The summed E-state index contributed by atoms with van der Waals surface area (Å²) in [5, 5.41) is 18.9. The number of nitrogens with two attached hydrogens (primary N) is 1. The molecular weight excluding hydrogens is 394 g/mol. The highest BCUT2D eigenvalue weighted by Gasteiger charge is 2.24.